The summed E-state index contributed by atoms with van der Waals surface area (Å²) in [6, 6.07) is 0. The van der Waals surface area contributed by atoms with Crippen molar-refractivity contribution < 1.29 is 18.6 Å². The number of rotatable bonds is 4. The number of hydrogen-bond acceptors (Lipinski definition) is 1. The largest absolute Gasteiger partial charge is 0.314 e. The molecule has 0 aromatic heterocycles. The summed E-state index contributed by atoms with van der Waals surface area (Å²) in [5.41, 5.74) is 0.683. The van der Waals surface area contributed by atoms with Gasteiger partial charge in [-0.25, -0.2) is 0 Å². The first-order valence-corrected chi connectivity index (χ1v) is 8.38. The van der Waals surface area contributed by atoms with Gasteiger partial charge in [0, 0.05) is 23.3 Å². The Morgan fingerprint density at radius 1 is 0.900 bits per heavy atom. The number of thiol groups is 1. The molecule has 0 N–H and O–H groups in total. The average molecular weight is 334 g/mol. The van der Waals surface area contributed by atoms with Crippen LogP contribution >= 0.6 is 12.6 Å². The maximum atomic E-state index is 4.88. The molecule has 1 rings (SSSR count). The molecular weight excluding hydrogens is 299 g/mol. The minimum Gasteiger partial charge on any atom is -0.314 e. The van der Waals surface area contributed by atoms with E-state index in [2.05, 4.69) is 55.4 Å². The van der Waals surface area contributed by atoms with Crippen LogP contribution < -0.4 is 0 Å². The van der Waals surface area contributed by atoms with Gasteiger partial charge in [-0.05, 0) is 24.2 Å². The average Bonchev–Trinajstić information content (AvgIpc) is 2.27. The summed E-state index contributed by atoms with van der Waals surface area (Å²) in [7, 11) is 0. The molecule has 0 nitrogen and oxygen atoms in total. The van der Waals surface area contributed by atoms with Crippen molar-refractivity contribution in [2.24, 2.45) is 22.7 Å². The van der Waals surface area contributed by atoms with Crippen LogP contribution in [0.2, 0.25) is 0 Å². The first-order valence-electron chi connectivity index (χ1n) is 7.93. The van der Waals surface area contributed by atoms with Crippen LogP contribution in [0.5, 0.6) is 0 Å². The first kappa shape index (κ1) is 20.9. The maximum absolute atomic E-state index is 4.88. The standard InChI is InChI=1S/C18H35S.V/c1-13(2)16(3,4)14-10-9-11-15(12-14)17(5,6)18(7,8)19;/h14-15,19H,9-12H2,1-8H3;/q-1;. The van der Waals surface area contributed by atoms with Gasteiger partial charge in [-0.2, -0.15) is 31.9 Å². The summed E-state index contributed by atoms with van der Waals surface area (Å²) in [4.78, 5) is 0. The normalized spacial score (nSPS) is 25.5. The molecule has 0 aromatic rings. The van der Waals surface area contributed by atoms with Gasteiger partial charge < -0.3 is 5.92 Å². The SMILES string of the molecule is C[C-](C)C(C)(C)C1CCCC(C(C)(C)C(C)(C)S)C1.[V]. The molecule has 1 aliphatic carbocycles. The zero-order valence-corrected chi connectivity index (χ0v) is 17.2. The summed E-state index contributed by atoms with van der Waals surface area (Å²) in [5.74, 6) is 3.23. The second kappa shape index (κ2) is 7.01. The van der Waals surface area contributed by atoms with Crippen molar-refractivity contribution >= 4 is 12.6 Å². The van der Waals surface area contributed by atoms with Crippen LogP contribution in [0.1, 0.15) is 81.1 Å². The summed E-state index contributed by atoms with van der Waals surface area (Å²) >= 11 is 4.88. The molecule has 1 saturated carbocycles. The van der Waals surface area contributed by atoms with Gasteiger partial charge in [0.1, 0.15) is 0 Å². The second-order valence-electron chi connectivity index (χ2n) is 8.56. The Kier molecular flexibility index (Phi) is 7.34. The monoisotopic (exact) mass is 334 g/mol. The third-order valence-electron chi connectivity index (χ3n) is 6.58. The van der Waals surface area contributed by atoms with Gasteiger partial charge >= 0.3 is 0 Å². The molecule has 0 aliphatic heterocycles. The Labute approximate surface area is 145 Å². The summed E-state index contributed by atoms with van der Waals surface area (Å²) in [6.45, 7) is 18.9. The van der Waals surface area contributed by atoms with Gasteiger partial charge in [-0.1, -0.05) is 60.3 Å². The quantitative estimate of drug-likeness (QED) is 0.461. The smallest absolute Gasteiger partial charge is 0.0127 e. The van der Waals surface area contributed by atoms with Crippen LogP contribution in [-0.4, -0.2) is 4.75 Å². The van der Waals surface area contributed by atoms with E-state index in [1.807, 2.05) is 0 Å². The molecule has 0 heterocycles. The molecule has 1 radical (unpaired) electrons. The predicted octanol–water partition coefficient (Wildman–Crippen LogP) is 6.17. The maximum Gasteiger partial charge on any atom is 0.0127 e. The van der Waals surface area contributed by atoms with Crippen LogP contribution in [0.4, 0.5) is 0 Å². The fraction of sp³-hybridized carbons (Fsp3) is 0.944. The molecule has 2 unspecified atom stereocenters. The van der Waals surface area contributed by atoms with Crippen molar-refractivity contribution in [3.63, 3.8) is 0 Å². The van der Waals surface area contributed by atoms with Crippen molar-refractivity contribution in [1.82, 2.24) is 0 Å². The van der Waals surface area contributed by atoms with E-state index in [-0.39, 0.29) is 23.3 Å². The molecule has 2 atom stereocenters. The fourth-order valence-corrected chi connectivity index (χ4v) is 3.59. The molecule has 119 valence electrons. The third-order valence-corrected chi connectivity index (χ3v) is 7.16. The minimum atomic E-state index is 0. The van der Waals surface area contributed by atoms with Crippen molar-refractivity contribution in [2.45, 2.75) is 85.8 Å². The molecule has 0 amide bonds. The number of hydrogen-bond donors (Lipinski definition) is 1. The van der Waals surface area contributed by atoms with Gasteiger partial charge in [-0.3, -0.25) is 0 Å². The van der Waals surface area contributed by atoms with Crippen LogP contribution in [-0.2, 0) is 18.6 Å². The Morgan fingerprint density at radius 2 is 1.35 bits per heavy atom. The molecular formula is C18H35SV-. The molecule has 0 bridgehead atoms. The van der Waals surface area contributed by atoms with Gasteiger partial charge in [0.25, 0.3) is 0 Å². The van der Waals surface area contributed by atoms with Crippen molar-refractivity contribution in [2.75, 3.05) is 0 Å². The van der Waals surface area contributed by atoms with E-state index in [1.54, 1.807) is 5.92 Å². The zero-order valence-electron chi connectivity index (χ0n) is 14.9. The fourth-order valence-electron chi connectivity index (χ4n) is 3.41. The Balaban J connectivity index is 0.00000361. The third kappa shape index (κ3) is 4.23. The van der Waals surface area contributed by atoms with Gasteiger partial charge in [0.15, 0.2) is 0 Å². The van der Waals surface area contributed by atoms with Crippen molar-refractivity contribution in [3.8, 4) is 0 Å². The van der Waals surface area contributed by atoms with Gasteiger partial charge in [-0.15, -0.1) is 0 Å². The summed E-state index contributed by atoms with van der Waals surface area (Å²) in [5, 5.41) is 0. The van der Waals surface area contributed by atoms with Gasteiger partial charge in [0.2, 0.25) is 0 Å². The molecule has 2 heteroatoms. The van der Waals surface area contributed by atoms with E-state index in [0.717, 1.165) is 11.8 Å². The zero-order chi connectivity index (χ0) is 15.1. The topological polar surface area (TPSA) is 0 Å². The van der Waals surface area contributed by atoms with E-state index in [1.165, 1.54) is 25.7 Å². The van der Waals surface area contributed by atoms with E-state index in [4.69, 9.17) is 12.6 Å². The van der Waals surface area contributed by atoms with Crippen LogP contribution in [0, 0.1) is 28.6 Å². The molecule has 20 heavy (non-hydrogen) atoms. The molecule has 1 fully saturated rings. The second-order valence-corrected chi connectivity index (χ2v) is 9.68. The molecule has 0 spiro atoms. The molecule has 1 aliphatic rings. The van der Waals surface area contributed by atoms with E-state index in [0.29, 0.717) is 10.8 Å². The Bertz CT molecular complexity index is 299. The van der Waals surface area contributed by atoms with E-state index < -0.39 is 0 Å². The van der Waals surface area contributed by atoms with Crippen LogP contribution in [0.15, 0.2) is 0 Å². The summed E-state index contributed by atoms with van der Waals surface area (Å²) in [6.07, 6.45) is 5.54. The Hall–Kier alpha value is 0.934. The Morgan fingerprint density at radius 3 is 1.75 bits per heavy atom. The minimum absolute atomic E-state index is 0. The van der Waals surface area contributed by atoms with E-state index in [9.17, 15) is 0 Å². The van der Waals surface area contributed by atoms with Crippen molar-refractivity contribution in [1.29, 1.82) is 0 Å². The summed E-state index contributed by atoms with van der Waals surface area (Å²) < 4.78 is 0.0919. The van der Waals surface area contributed by atoms with E-state index >= 15 is 0 Å². The van der Waals surface area contributed by atoms with Crippen molar-refractivity contribution in [3.05, 3.63) is 5.92 Å². The predicted molar refractivity (Wildman–Crippen MR) is 90.7 cm³/mol. The first-order chi connectivity index (χ1) is 8.40. The van der Waals surface area contributed by atoms with Crippen LogP contribution in [0.25, 0.3) is 0 Å². The van der Waals surface area contributed by atoms with Gasteiger partial charge in [0.05, 0.1) is 0 Å². The molecule has 0 aromatic carbocycles. The molecule has 0 saturated heterocycles. The van der Waals surface area contributed by atoms with Crippen LogP contribution in [0.3, 0.4) is 0 Å².